The second-order valence-corrected chi connectivity index (χ2v) is 20.5. The van der Waals surface area contributed by atoms with Crippen LogP contribution < -0.4 is 25.2 Å². The van der Waals surface area contributed by atoms with Gasteiger partial charge in [0.25, 0.3) is 9.84 Å². The quantitative estimate of drug-likeness (QED) is 0.0350. The van der Waals surface area contributed by atoms with Crippen LogP contribution in [0.1, 0.15) is 62.2 Å². The van der Waals surface area contributed by atoms with Crippen molar-refractivity contribution >= 4 is 74.2 Å². The smallest absolute Gasteiger partial charge is 0.380 e. The number of nitrogens with zero attached hydrogens (tertiary/aromatic N) is 4. The van der Waals surface area contributed by atoms with Crippen LogP contribution in [0, 0.1) is 0 Å². The molecule has 1 aliphatic carbocycles. The number of rotatable bonds is 22. The van der Waals surface area contributed by atoms with Gasteiger partial charge in [-0.3, -0.25) is 4.79 Å². The van der Waals surface area contributed by atoms with Gasteiger partial charge in [-0.05, 0) is 130 Å². The maximum atomic E-state index is 14.2. The van der Waals surface area contributed by atoms with Gasteiger partial charge < -0.3 is 25.2 Å². The van der Waals surface area contributed by atoms with Crippen LogP contribution >= 0.6 is 35.3 Å². The highest BCUT2D eigenvalue weighted by Crippen LogP contribution is 2.38. The van der Waals surface area contributed by atoms with Crippen molar-refractivity contribution in [3.05, 3.63) is 131 Å². The minimum atomic E-state index is -5.68. The molecule has 1 saturated heterocycles. The summed E-state index contributed by atoms with van der Waals surface area (Å²) in [5.41, 5.74) is 0.0653. The first-order valence-electron chi connectivity index (χ1n) is 22.3. The van der Waals surface area contributed by atoms with Crippen molar-refractivity contribution in [2.75, 3.05) is 64.9 Å². The molecule has 0 bridgehead atoms. The molecule has 0 saturated carbocycles. The van der Waals surface area contributed by atoms with Gasteiger partial charge in [0.15, 0.2) is 6.29 Å². The van der Waals surface area contributed by atoms with Gasteiger partial charge in [0.05, 0.1) is 28.8 Å². The topological polar surface area (TPSA) is 112 Å². The Morgan fingerprint density at radius 1 is 0.864 bits per heavy atom. The van der Waals surface area contributed by atoms with E-state index >= 15 is 0 Å². The zero-order chi connectivity index (χ0) is 46.5. The predicted octanol–water partition coefficient (Wildman–Crippen LogP) is 12.1. The summed E-state index contributed by atoms with van der Waals surface area (Å²) in [5.74, 6) is 0.557. The fourth-order valence-electron chi connectivity index (χ4n) is 7.87. The largest absolute Gasteiger partial charge is 0.501 e. The summed E-state index contributed by atoms with van der Waals surface area (Å²) >= 11 is 8.79. The van der Waals surface area contributed by atoms with E-state index < -0.39 is 20.2 Å². The van der Waals surface area contributed by atoms with E-state index in [0.717, 1.165) is 117 Å². The van der Waals surface area contributed by atoms with Crippen molar-refractivity contribution < 1.29 is 26.4 Å². The Kier molecular flexibility index (Phi) is 17.3. The average Bonchev–Trinajstić information content (AvgIpc) is 3.77. The number of carbonyl (C=O) groups is 1. The molecule has 5 aromatic rings. The first-order valence-corrected chi connectivity index (χ1v) is 25.9. The number of halogens is 4. The molecule has 1 atom stereocenters. The van der Waals surface area contributed by atoms with Crippen LogP contribution in [0.4, 0.5) is 35.9 Å². The normalized spacial score (nSPS) is 14.8. The number of carbonyl (C=O) groups excluding carboxylic acids is 1. The summed E-state index contributed by atoms with van der Waals surface area (Å²) in [6.45, 7) is 6.70. The molecule has 350 valence electrons. The Balaban J connectivity index is 0.979. The molecule has 0 amide bonds. The van der Waals surface area contributed by atoms with E-state index in [4.69, 9.17) is 11.6 Å². The van der Waals surface area contributed by atoms with Gasteiger partial charge in [-0.15, -0.1) is 11.8 Å². The first-order chi connectivity index (χ1) is 31.9. The number of hydrogen-bond acceptors (Lipinski definition) is 11. The molecule has 2 heterocycles. The second-order valence-electron chi connectivity index (χ2n) is 16.2. The van der Waals surface area contributed by atoms with Gasteiger partial charge in [-0.25, -0.2) is 13.1 Å². The third-order valence-corrected chi connectivity index (χ3v) is 15.3. The van der Waals surface area contributed by atoms with Crippen LogP contribution in [0.15, 0.2) is 130 Å². The van der Waals surface area contributed by atoms with Crippen LogP contribution in [-0.4, -0.2) is 81.1 Å². The second kappa shape index (κ2) is 23.2. The van der Waals surface area contributed by atoms with E-state index in [9.17, 15) is 26.4 Å². The van der Waals surface area contributed by atoms with Crippen LogP contribution in [0.3, 0.4) is 0 Å². The summed E-state index contributed by atoms with van der Waals surface area (Å²) < 4.78 is 73.6. The van der Waals surface area contributed by atoms with E-state index in [-0.39, 0.29) is 11.7 Å². The number of piperazine rings is 1. The van der Waals surface area contributed by atoms with E-state index in [1.54, 1.807) is 40.8 Å². The number of anilines is 4. The van der Waals surface area contributed by atoms with E-state index in [2.05, 4.69) is 67.5 Å². The number of hydrogen-bond donors (Lipinski definition) is 3. The number of unbranched alkanes of at least 4 members (excludes halogenated alkanes) is 3. The minimum absolute atomic E-state index is 0.0656. The van der Waals surface area contributed by atoms with Crippen molar-refractivity contribution in [3.8, 4) is 16.9 Å². The lowest BCUT2D eigenvalue weighted by atomic mass is 10.1. The Morgan fingerprint density at radius 2 is 1.61 bits per heavy atom. The van der Waals surface area contributed by atoms with E-state index in [1.165, 1.54) is 12.5 Å². The molecular formula is C49H55ClF3N7O3S3. The SMILES string of the molecule is CCCCCCNCC[C@H](CSC1=CCCC=C1)Nc1ccc(SNc2ccc(N3CCN(c4cccc(-c5c(C=O)cnn5-c5ccc(Cl)cc5)c4)CC3)cc2)cc1S(=O)(=O)C(F)(F)F. The molecule has 17 heteroatoms. The summed E-state index contributed by atoms with van der Waals surface area (Å²) in [6.07, 6.45) is 15.7. The van der Waals surface area contributed by atoms with Gasteiger partial charge in [-0.2, -0.15) is 18.3 Å². The maximum Gasteiger partial charge on any atom is 0.501 e. The number of aldehydes is 1. The molecule has 7 rings (SSSR count). The highest BCUT2D eigenvalue weighted by molar-refractivity contribution is 8.03. The van der Waals surface area contributed by atoms with Crippen molar-refractivity contribution in [2.45, 2.75) is 73.2 Å². The lowest BCUT2D eigenvalue weighted by molar-refractivity contribution is -0.0435. The number of benzene rings is 4. The molecule has 1 fully saturated rings. The Labute approximate surface area is 399 Å². The Hall–Kier alpha value is -4.87. The van der Waals surface area contributed by atoms with Gasteiger partial charge in [0, 0.05) is 75.4 Å². The molecule has 0 spiro atoms. The summed E-state index contributed by atoms with van der Waals surface area (Å²) in [5, 5.41) is 11.8. The van der Waals surface area contributed by atoms with E-state index in [1.807, 2.05) is 48.5 Å². The van der Waals surface area contributed by atoms with Crippen molar-refractivity contribution in [1.82, 2.24) is 15.1 Å². The lowest BCUT2D eigenvalue weighted by Gasteiger charge is -2.37. The minimum Gasteiger partial charge on any atom is -0.380 e. The predicted molar refractivity (Wildman–Crippen MR) is 267 cm³/mol. The number of aromatic nitrogens is 2. The molecule has 1 aliphatic heterocycles. The number of nitrogens with one attached hydrogen (secondary N) is 3. The van der Waals surface area contributed by atoms with Gasteiger partial charge in [0.1, 0.15) is 4.90 Å². The molecule has 4 aromatic carbocycles. The summed E-state index contributed by atoms with van der Waals surface area (Å²) in [7, 11) is -5.68. The third-order valence-electron chi connectivity index (χ3n) is 11.5. The third kappa shape index (κ3) is 12.8. The van der Waals surface area contributed by atoms with Crippen LogP contribution in [0.2, 0.25) is 5.02 Å². The molecule has 0 unspecified atom stereocenters. The number of thioether (sulfide) groups is 1. The van der Waals surface area contributed by atoms with Crippen LogP contribution in [0.25, 0.3) is 16.9 Å². The molecule has 1 aromatic heterocycles. The average molecular weight is 979 g/mol. The standard InChI is InChI=1S/C49H55ClF3N7O3S3/c1-2-3-4-8-25-54-26-24-40(35-64-44-12-6-5-7-13-44)56-46-23-22-45(32-47(46)66(62,63)49(51,52)53)65-57-39-16-20-41(21-17-39)58-27-29-59(30-28-58)43-11-9-10-36(31-43)48-37(34-61)33-55-60(48)42-18-14-38(50)15-19-42/h6,9-23,31-34,40,54,56-57H,2-5,7-8,24-30,35H2,1H3/t40-/m1/s1. The van der Waals surface area contributed by atoms with Crippen LogP contribution in [0.5, 0.6) is 0 Å². The molecule has 0 radical (unpaired) electrons. The van der Waals surface area contributed by atoms with Crippen molar-refractivity contribution in [2.24, 2.45) is 0 Å². The van der Waals surface area contributed by atoms with Crippen molar-refractivity contribution in [1.29, 1.82) is 0 Å². The van der Waals surface area contributed by atoms with E-state index in [0.29, 0.717) is 45.6 Å². The highest BCUT2D eigenvalue weighted by Gasteiger charge is 2.48. The van der Waals surface area contributed by atoms with Gasteiger partial charge >= 0.3 is 5.51 Å². The maximum absolute atomic E-state index is 14.2. The molecule has 3 N–H and O–H groups in total. The summed E-state index contributed by atoms with van der Waals surface area (Å²) in [6, 6.07) is 27.1. The number of allylic oxidation sites excluding steroid dienone is 3. The van der Waals surface area contributed by atoms with Gasteiger partial charge in [0.2, 0.25) is 0 Å². The fraction of sp³-hybridized carbons (Fsp3) is 0.347. The fourth-order valence-corrected chi connectivity index (χ4v) is 10.8. The molecule has 10 nitrogen and oxygen atoms in total. The highest BCUT2D eigenvalue weighted by atomic mass is 35.5. The molecule has 2 aliphatic rings. The number of sulfone groups is 1. The van der Waals surface area contributed by atoms with Crippen molar-refractivity contribution in [3.63, 3.8) is 0 Å². The lowest BCUT2D eigenvalue weighted by Crippen LogP contribution is -2.46. The number of alkyl halides is 3. The zero-order valence-corrected chi connectivity index (χ0v) is 40.0. The van der Waals surface area contributed by atoms with Crippen LogP contribution in [-0.2, 0) is 9.84 Å². The van der Waals surface area contributed by atoms with Gasteiger partial charge in [-0.1, -0.05) is 68.1 Å². The first kappa shape index (κ1) is 49.0. The monoisotopic (exact) mass is 977 g/mol. The molecular weight excluding hydrogens is 923 g/mol. The Bertz CT molecular complexity index is 2560. The zero-order valence-electron chi connectivity index (χ0n) is 36.8. The summed E-state index contributed by atoms with van der Waals surface area (Å²) in [4.78, 5) is 17.3. The molecule has 66 heavy (non-hydrogen) atoms. The Morgan fingerprint density at radius 3 is 2.30 bits per heavy atom.